The van der Waals surface area contributed by atoms with Crippen molar-refractivity contribution in [1.29, 1.82) is 0 Å². The zero-order chi connectivity index (χ0) is 6.97. The molecule has 1 aliphatic rings. The number of rotatable bonds is 0. The van der Waals surface area contributed by atoms with Gasteiger partial charge in [0.15, 0.2) is 11.5 Å². The van der Waals surface area contributed by atoms with Gasteiger partial charge in [-0.15, -0.1) is 0 Å². The summed E-state index contributed by atoms with van der Waals surface area (Å²) < 4.78 is 10.3. The molecule has 0 unspecified atom stereocenters. The predicted molar refractivity (Wildman–Crippen MR) is 37.3 cm³/mol. The van der Waals surface area contributed by atoms with Crippen LogP contribution < -0.4 is 9.47 Å². The molecule has 0 radical (unpaired) electrons. The van der Waals surface area contributed by atoms with Crippen molar-refractivity contribution in [2.45, 2.75) is 6.92 Å². The van der Waals surface area contributed by atoms with Crippen molar-refractivity contribution >= 4 is 0 Å². The summed E-state index contributed by atoms with van der Waals surface area (Å²) in [5.41, 5.74) is 1.20. The minimum atomic E-state index is 0.360. The van der Waals surface area contributed by atoms with Crippen LogP contribution in [0.25, 0.3) is 0 Å². The van der Waals surface area contributed by atoms with Crippen LogP contribution in [0, 0.1) is 6.92 Å². The molecule has 0 saturated heterocycles. The third-order valence-electron chi connectivity index (χ3n) is 1.53. The minimum Gasteiger partial charge on any atom is -0.454 e. The maximum atomic E-state index is 5.16. The van der Waals surface area contributed by atoms with Crippen molar-refractivity contribution in [3.63, 3.8) is 0 Å². The van der Waals surface area contributed by atoms with Gasteiger partial charge in [0.2, 0.25) is 6.79 Å². The highest BCUT2D eigenvalue weighted by molar-refractivity contribution is 5.43. The first-order valence-electron chi connectivity index (χ1n) is 3.22. The molecule has 0 amide bonds. The Balaban J connectivity index is 2.52. The molecule has 0 spiro atoms. The molecule has 1 heterocycles. The number of hydrogen-bond donors (Lipinski definition) is 0. The first-order chi connectivity index (χ1) is 4.86. The van der Waals surface area contributed by atoms with Gasteiger partial charge in [0, 0.05) is 0 Å². The molecule has 2 rings (SSSR count). The van der Waals surface area contributed by atoms with Crippen molar-refractivity contribution in [2.24, 2.45) is 0 Å². The van der Waals surface area contributed by atoms with Crippen molar-refractivity contribution < 1.29 is 9.47 Å². The molecular weight excluding hydrogens is 128 g/mol. The summed E-state index contributed by atoms with van der Waals surface area (Å²) in [6.45, 7) is 2.39. The van der Waals surface area contributed by atoms with E-state index in [0.717, 1.165) is 11.5 Å². The molecular formula is C8H8O2. The fourth-order valence-electron chi connectivity index (χ4n) is 1.00. The second kappa shape index (κ2) is 1.90. The van der Waals surface area contributed by atoms with Crippen LogP contribution in [0.3, 0.4) is 0 Å². The number of benzene rings is 1. The number of ether oxygens (including phenoxy) is 2. The lowest BCUT2D eigenvalue weighted by atomic mass is 10.2. The normalized spacial score (nSPS) is 13.7. The van der Waals surface area contributed by atoms with E-state index >= 15 is 0 Å². The Morgan fingerprint density at radius 2 is 2.00 bits per heavy atom. The molecule has 52 valence electrons. The lowest BCUT2D eigenvalue weighted by Crippen LogP contribution is -1.92. The zero-order valence-electron chi connectivity index (χ0n) is 5.76. The van der Waals surface area contributed by atoms with Crippen LogP contribution in [0.5, 0.6) is 11.5 Å². The average Bonchev–Trinajstić information content (AvgIpc) is 2.33. The number of hydrogen-bond acceptors (Lipinski definition) is 2. The van der Waals surface area contributed by atoms with Crippen LogP contribution in [0.15, 0.2) is 18.2 Å². The van der Waals surface area contributed by atoms with Crippen LogP contribution in [-0.2, 0) is 0 Å². The molecule has 2 heteroatoms. The Labute approximate surface area is 59.4 Å². The summed E-state index contributed by atoms with van der Waals surface area (Å²) in [4.78, 5) is 0. The van der Waals surface area contributed by atoms with Gasteiger partial charge in [-0.1, -0.05) is 6.07 Å². The highest BCUT2D eigenvalue weighted by atomic mass is 16.7. The summed E-state index contributed by atoms with van der Waals surface area (Å²) in [5.74, 6) is 1.71. The van der Waals surface area contributed by atoms with E-state index in [4.69, 9.17) is 9.47 Å². The summed E-state index contributed by atoms with van der Waals surface area (Å²) in [6, 6.07) is 5.91. The summed E-state index contributed by atoms with van der Waals surface area (Å²) in [5, 5.41) is 0. The van der Waals surface area contributed by atoms with Gasteiger partial charge in [0.1, 0.15) is 0 Å². The van der Waals surface area contributed by atoms with Crippen LogP contribution in [0.2, 0.25) is 0 Å². The maximum Gasteiger partial charge on any atom is 0.231 e. The van der Waals surface area contributed by atoms with E-state index < -0.39 is 0 Å². The topological polar surface area (TPSA) is 18.5 Å². The molecule has 0 fully saturated rings. The highest BCUT2D eigenvalue weighted by Crippen LogP contribution is 2.31. The Morgan fingerprint density at radius 3 is 2.90 bits per heavy atom. The Bertz CT molecular complexity index is 255. The van der Waals surface area contributed by atoms with E-state index in [2.05, 4.69) is 0 Å². The van der Waals surface area contributed by atoms with Crippen molar-refractivity contribution in [2.75, 3.05) is 6.79 Å². The molecule has 0 atom stereocenters. The molecule has 10 heavy (non-hydrogen) atoms. The molecule has 0 saturated carbocycles. The standard InChI is InChI=1S/C8H8O2/c1-6-2-3-7-8(4-6)10-5-9-7/h2-4H,5H2,1H3. The first kappa shape index (κ1) is 5.59. The van der Waals surface area contributed by atoms with Gasteiger partial charge in [-0.05, 0) is 24.6 Å². The highest BCUT2D eigenvalue weighted by Gasteiger charge is 2.11. The van der Waals surface area contributed by atoms with Crippen LogP contribution >= 0.6 is 0 Å². The monoisotopic (exact) mass is 136 g/mol. The minimum absolute atomic E-state index is 0.360. The van der Waals surface area contributed by atoms with Gasteiger partial charge >= 0.3 is 0 Å². The Kier molecular flexibility index (Phi) is 1.07. The van der Waals surface area contributed by atoms with Crippen molar-refractivity contribution in [3.05, 3.63) is 23.8 Å². The van der Waals surface area contributed by atoms with Gasteiger partial charge in [0.05, 0.1) is 0 Å². The van der Waals surface area contributed by atoms with E-state index in [1.807, 2.05) is 25.1 Å². The summed E-state index contributed by atoms with van der Waals surface area (Å²) in [7, 11) is 0. The van der Waals surface area contributed by atoms with E-state index in [9.17, 15) is 0 Å². The Hall–Kier alpha value is -1.18. The van der Waals surface area contributed by atoms with Gasteiger partial charge in [0.25, 0.3) is 0 Å². The van der Waals surface area contributed by atoms with Gasteiger partial charge in [-0.25, -0.2) is 0 Å². The first-order valence-corrected chi connectivity index (χ1v) is 3.22. The number of aryl methyl sites for hydroxylation is 1. The van der Waals surface area contributed by atoms with E-state index in [1.54, 1.807) is 0 Å². The molecule has 0 N–H and O–H groups in total. The molecule has 1 aromatic rings. The summed E-state index contributed by atoms with van der Waals surface area (Å²) >= 11 is 0. The SMILES string of the molecule is Cc1ccc2c(c1)OCO2. The molecule has 0 bridgehead atoms. The molecule has 0 aromatic heterocycles. The number of fused-ring (bicyclic) bond motifs is 1. The van der Waals surface area contributed by atoms with Gasteiger partial charge in [-0.3, -0.25) is 0 Å². The fraction of sp³-hybridized carbons (Fsp3) is 0.250. The third-order valence-corrected chi connectivity index (χ3v) is 1.53. The van der Waals surface area contributed by atoms with Crippen LogP contribution in [0.4, 0.5) is 0 Å². The van der Waals surface area contributed by atoms with Crippen LogP contribution in [-0.4, -0.2) is 6.79 Å². The lowest BCUT2D eigenvalue weighted by molar-refractivity contribution is 0.174. The second-order valence-electron chi connectivity index (χ2n) is 2.36. The Morgan fingerprint density at radius 1 is 1.20 bits per heavy atom. The second-order valence-corrected chi connectivity index (χ2v) is 2.36. The fourth-order valence-corrected chi connectivity index (χ4v) is 1.00. The lowest BCUT2D eigenvalue weighted by Gasteiger charge is -1.94. The van der Waals surface area contributed by atoms with Gasteiger partial charge < -0.3 is 9.47 Å². The quantitative estimate of drug-likeness (QED) is 0.540. The van der Waals surface area contributed by atoms with E-state index in [-0.39, 0.29) is 0 Å². The molecule has 2 nitrogen and oxygen atoms in total. The van der Waals surface area contributed by atoms with Crippen molar-refractivity contribution in [3.8, 4) is 11.5 Å². The van der Waals surface area contributed by atoms with E-state index in [0.29, 0.717) is 6.79 Å². The average molecular weight is 136 g/mol. The van der Waals surface area contributed by atoms with Gasteiger partial charge in [-0.2, -0.15) is 0 Å². The molecule has 1 aromatic carbocycles. The zero-order valence-corrected chi connectivity index (χ0v) is 5.76. The molecule has 1 aliphatic heterocycles. The van der Waals surface area contributed by atoms with E-state index in [1.165, 1.54) is 5.56 Å². The predicted octanol–water partition coefficient (Wildman–Crippen LogP) is 1.72. The van der Waals surface area contributed by atoms with Crippen molar-refractivity contribution in [1.82, 2.24) is 0 Å². The third kappa shape index (κ3) is 0.727. The smallest absolute Gasteiger partial charge is 0.231 e. The molecule has 0 aliphatic carbocycles. The maximum absolute atomic E-state index is 5.16. The largest absolute Gasteiger partial charge is 0.454 e. The van der Waals surface area contributed by atoms with Crippen LogP contribution in [0.1, 0.15) is 5.56 Å². The summed E-state index contributed by atoms with van der Waals surface area (Å²) in [6.07, 6.45) is 0.